The number of rotatable bonds is 7. The zero-order valence-electron chi connectivity index (χ0n) is 17.6. The topological polar surface area (TPSA) is 89.6 Å². The number of fused-ring (bicyclic) bond motifs is 1. The van der Waals surface area contributed by atoms with Gasteiger partial charge < -0.3 is 14.8 Å². The third-order valence-corrected chi connectivity index (χ3v) is 6.55. The average Bonchev–Trinajstić information content (AvgIpc) is 3.38. The molecule has 0 spiro atoms. The van der Waals surface area contributed by atoms with E-state index in [1.54, 1.807) is 30.3 Å². The van der Waals surface area contributed by atoms with Crippen LogP contribution in [-0.2, 0) is 17.8 Å². The molecule has 0 bridgehead atoms. The van der Waals surface area contributed by atoms with Crippen molar-refractivity contribution >= 4 is 39.9 Å². The van der Waals surface area contributed by atoms with Crippen LogP contribution in [0.25, 0.3) is 0 Å². The van der Waals surface area contributed by atoms with E-state index < -0.39 is 0 Å². The quantitative estimate of drug-likeness (QED) is 0.532. The van der Waals surface area contributed by atoms with Crippen molar-refractivity contribution in [2.24, 2.45) is 0 Å². The Balaban J connectivity index is 1.42. The maximum Gasteiger partial charge on any atom is 0.257 e. The van der Waals surface area contributed by atoms with E-state index in [-0.39, 0.29) is 17.7 Å². The lowest BCUT2D eigenvalue weighted by Crippen LogP contribution is -2.28. The van der Waals surface area contributed by atoms with Crippen molar-refractivity contribution in [3.63, 3.8) is 0 Å². The Kier molecular flexibility index (Phi) is 6.62. The van der Waals surface area contributed by atoms with E-state index in [1.165, 1.54) is 25.6 Å². The van der Waals surface area contributed by atoms with Crippen molar-refractivity contribution < 1.29 is 19.1 Å². The van der Waals surface area contributed by atoms with Crippen molar-refractivity contribution in [2.45, 2.75) is 25.3 Å². The van der Waals surface area contributed by atoms with Gasteiger partial charge in [-0.05, 0) is 42.7 Å². The van der Waals surface area contributed by atoms with Crippen molar-refractivity contribution in [1.82, 2.24) is 10.3 Å². The van der Waals surface area contributed by atoms with Crippen LogP contribution in [-0.4, -0.2) is 31.0 Å². The van der Waals surface area contributed by atoms with Crippen LogP contribution in [0.2, 0.25) is 5.02 Å². The molecular weight excluding hydrogens is 450 g/mol. The molecule has 2 aromatic carbocycles. The van der Waals surface area contributed by atoms with Crippen LogP contribution in [0.4, 0.5) is 5.13 Å². The zero-order chi connectivity index (χ0) is 22.7. The molecule has 0 saturated heterocycles. The first kappa shape index (κ1) is 22.1. The summed E-state index contributed by atoms with van der Waals surface area (Å²) in [5.41, 5.74) is 2.11. The normalized spacial score (nSPS) is 14.5. The molecule has 1 unspecified atom stereocenters. The Bertz CT molecular complexity index is 1120. The Labute approximate surface area is 194 Å². The molecule has 9 heteroatoms. The van der Waals surface area contributed by atoms with E-state index in [0.29, 0.717) is 40.2 Å². The molecule has 166 valence electrons. The molecule has 0 saturated carbocycles. The molecule has 4 rings (SSSR count). The third-order valence-electron chi connectivity index (χ3n) is 5.25. The van der Waals surface area contributed by atoms with Gasteiger partial charge in [0.15, 0.2) is 5.13 Å². The minimum atomic E-state index is -0.323. The van der Waals surface area contributed by atoms with Gasteiger partial charge in [-0.3, -0.25) is 14.9 Å². The lowest BCUT2D eigenvalue weighted by Gasteiger charge is -2.11. The summed E-state index contributed by atoms with van der Waals surface area (Å²) in [6, 6.07) is 12.3. The summed E-state index contributed by atoms with van der Waals surface area (Å²) in [4.78, 5) is 31.1. The highest BCUT2D eigenvalue weighted by Gasteiger charge is 2.32. The van der Waals surface area contributed by atoms with E-state index in [2.05, 4.69) is 15.6 Å². The predicted molar refractivity (Wildman–Crippen MR) is 124 cm³/mol. The standard InChI is InChI=1S/C23H22ClN3O4S/c1-30-16-9-14(10-17(11-16)31-2)21(28)27-23-26-20-18(7-8-19(20)32-23)22(29)25-12-13-3-5-15(24)6-4-13/h3-6,9-11,18H,7-8,12H2,1-2H3,(H,25,29)(H,26,27,28). The maximum atomic E-state index is 12.8. The summed E-state index contributed by atoms with van der Waals surface area (Å²) >= 11 is 7.31. The third kappa shape index (κ3) is 4.87. The molecule has 7 nitrogen and oxygen atoms in total. The number of amides is 2. The average molecular weight is 472 g/mol. The molecule has 1 aromatic heterocycles. The molecule has 32 heavy (non-hydrogen) atoms. The Morgan fingerprint density at radius 3 is 2.47 bits per heavy atom. The van der Waals surface area contributed by atoms with Crippen LogP contribution in [0, 0.1) is 0 Å². The van der Waals surface area contributed by atoms with Crippen LogP contribution in [0.5, 0.6) is 11.5 Å². The SMILES string of the molecule is COc1cc(OC)cc(C(=O)Nc2nc3c(s2)CCC3C(=O)NCc2ccc(Cl)cc2)c1. The number of nitrogens with zero attached hydrogens (tertiary/aromatic N) is 1. The van der Waals surface area contributed by atoms with Crippen LogP contribution in [0.3, 0.4) is 0 Å². The van der Waals surface area contributed by atoms with Crippen LogP contribution in [0.1, 0.15) is 38.8 Å². The fourth-order valence-corrected chi connectivity index (χ4v) is 4.72. The van der Waals surface area contributed by atoms with E-state index in [0.717, 1.165) is 22.6 Å². The highest BCUT2D eigenvalue weighted by molar-refractivity contribution is 7.16. The second kappa shape index (κ2) is 9.58. The van der Waals surface area contributed by atoms with Gasteiger partial charge in [0, 0.05) is 28.1 Å². The van der Waals surface area contributed by atoms with Crippen molar-refractivity contribution in [1.29, 1.82) is 0 Å². The summed E-state index contributed by atoms with van der Waals surface area (Å²) in [5.74, 6) is 0.330. The number of hydrogen-bond donors (Lipinski definition) is 2. The number of anilines is 1. The predicted octanol–water partition coefficient (Wildman–Crippen LogP) is 4.41. The molecule has 1 aliphatic carbocycles. The summed E-state index contributed by atoms with van der Waals surface area (Å²) in [6.45, 7) is 0.424. The van der Waals surface area contributed by atoms with Crippen molar-refractivity contribution in [3.05, 3.63) is 69.2 Å². The number of aryl methyl sites for hydroxylation is 1. The number of methoxy groups -OCH3 is 2. The summed E-state index contributed by atoms with van der Waals surface area (Å²) in [6.07, 6.45) is 1.47. The van der Waals surface area contributed by atoms with Gasteiger partial charge in [-0.15, -0.1) is 11.3 Å². The minimum absolute atomic E-state index is 0.0700. The molecule has 0 fully saturated rings. The molecule has 1 aliphatic rings. The smallest absolute Gasteiger partial charge is 0.257 e. The summed E-state index contributed by atoms with van der Waals surface area (Å²) in [5, 5.41) is 6.92. The number of carbonyl (C=O) groups is 2. The molecule has 2 amide bonds. The van der Waals surface area contributed by atoms with E-state index in [9.17, 15) is 9.59 Å². The monoisotopic (exact) mass is 471 g/mol. The van der Waals surface area contributed by atoms with Gasteiger partial charge in [0.05, 0.1) is 25.8 Å². The summed E-state index contributed by atoms with van der Waals surface area (Å²) < 4.78 is 10.4. The number of ether oxygens (including phenoxy) is 2. The van der Waals surface area contributed by atoms with Crippen LogP contribution >= 0.6 is 22.9 Å². The molecule has 2 N–H and O–H groups in total. The van der Waals surface area contributed by atoms with Crippen LogP contribution < -0.4 is 20.1 Å². The molecule has 3 aromatic rings. The lowest BCUT2D eigenvalue weighted by atomic mass is 10.1. The van der Waals surface area contributed by atoms with Gasteiger partial charge in [0.2, 0.25) is 5.91 Å². The largest absolute Gasteiger partial charge is 0.497 e. The fourth-order valence-electron chi connectivity index (χ4n) is 3.56. The molecule has 1 heterocycles. The number of nitrogens with one attached hydrogen (secondary N) is 2. The van der Waals surface area contributed by atoms with Gasteiger partial charge in [-0.25, -0.2) is 4.98 Å². The number of benzene rings is 2. The molecule has 1 atom stereocenters. The second-order valence-corrected chi connectivity index (χ2v) is 8.84. The highest BCUT2D eigenvalue weighted by atomic mass is 35.5. The van der Waals surface area contributed by atoms with E-state index in [4.69, 9.17) is 21.1 Å². The number of aromatic nitrogens is 1. The first-order chi connectivity index (χ1) is 15.5. The van der Waals surface area contributed by atoms with Gasteiger partial charge in [0.25, 0.3) is 5.91 Å². The van der Waals surface area contributed by atoms with Gasteiger partial charge >= 0.3 is 0 Å². The second-order valence-electron chi connectivity index (χ2n) is 7.32. The molecular formula is C23H22ClN3O4S. The Hall–Kier alpha value is -3.10. The highest BCUT2D eigenvalue weighted by Crippen LogP contribution is 2.38. The van der Waals surface area contributed by atoms with Crippen molar-refractivity contribution in [2.75, 3.05) is 19.5 Å². The number of carbonyl (C=O) groups excluding carboxylic acids is 2. The number of hydrogen-bond acceptors (Lipinski definition) is 6. The summed E-state index contributed by atoms with van der Waals surface area (Å²) in [7, 11) is 3.06. The first-order valence-corrected chi connectivity index (χ1v) is 11.2. The van der Waals surface area contributed by atoms with Crippen molar-refractivity contribution in [3.8, 4) is 11.5 Å². The minimum Gasteiger partial charge on any atom is -0.497 e. The Morgan fingerprint density at radius 2 is 1.81 bits per heavy atom. The van der Waals surface area contributed by atoms with Gasteiger partial charge in [-0.2, -0.15) is 0 Å². The van der Waals surface area contributed by atoms with E-state index in [1.807, 2.05) is 12.1 Å². The first-order valence-electron chi connectivity index (χ1n) is 10.0. The van der Waals surface area contributed by atoms with Gasteiger partial charge in [-0.1, -0.05) is 23.7 Å². The van der Waals surface area contributed by atoms with E-state index >= 15 is 0 Å². The Morgan fingerprint density at radius 1 is 1.12 bits per heavy atom. The van der Waals surface area contributed by atoms with Crippen LogP contribution in [0.15, 0.2) is 42.5 Å². The maximum absolute atomic E-state index is 12.8. The number of halogens is 1. The zero-order valence-corrected chi connectivity index (χ0v) is 19.2. The fraction of sp³-hybridized carbons (Fsp3) is 0.261. The lowest BCUT2D eigenvalue weighted by molar-refractivity contribution is -0.122. The molecule has 0 radical (unpaired) electrons. The molecule has 0 aliphatic heterocycles. The number of thiazole rings is 1. The van der Waals surface area contributed by atoms with Gasteiger partial charge in [0.1, 0.15) is 11.5 Å².